The van der Waals surface area contributed by atoms with Gasteiger partial charge < -0.3 is 15.1 Å². The quantitative estimate of drug-likeness (QED) is 0.677. The first kappa shape index (κ1) is 21.9. The molecule has 0 aromatic heterocycles. The van der Waals surface area contributed by atoms with Gasteiger partial charge in [0.25, 0.3) is 0 Å². The minimum Gasteiger partial charge on any atom is -0.353 e. The summed E-state index contributed by atoms with van der Waals surface area (Å²) in [5.41, 5.74) is 0.446. The molecule has 1 aromatic rings. The van der Waals surface area contributed by atoms with Gasteiger partial charge in [-0.05, 0) is 75.9 Å². The van der Waals surface area contributed by atoms with E-state index in [0.717, 1.165) is 64.7 Å². The lowest BCUT2D eigenvalue weighted by molar-refractivity contribution is -0.133. The maximum Gasteiger partial charge on any atom is 0.223 e. The number of halogens is 1. The first-order valence-electron chi connectivity index (χ1n) is 11.6. The zero-order valence-electron chi connectivity index (χ0n) is 18.0. The molecule has 4 rings (SSSR count). The third-order valence-corrected chi connectivity index (χ3v) is 6.89. The zero-order chi connectivity index (χ0) is 21.8. The highest BCUT2D eigenvalue weighted by Crippen LogP contribution is 2.26. The Labute approximate surface area is 183 Å². The number of nitrogens with zero attached hydrogens (tertiary/aromatic N) is 2. The summed E-state index contributed by atoms with van der Waals surface area (Å²) in [4.78, 5) is 41.4. The third-order valence-electron chi connectivity index (χ3n) is 6.89. The summed E-state index contributed by atoms with van der Waals surface area (Å²) in [7, 11) is 0. The van der Waals surface area contributed by atoms with E-state index in [0.29, 0.717) is 17.6 Å². The minimum absolute atomic E-state index is 0.0179. The van der Waals surface area contributed by atoms with E-state index in [2.05, 4.69) is 10.2 Å². The molecular weight excluding hydrogens is 397 g/mol. The highest BCUT2D eigenvalue weighted by Gasteiger charge is 2.33. The molecule has 1 aliphatic carbocycles. The van der Waals surface area contributed by atoms with Crippen LogP contribution in [-0.4, -0.2) is 65.7 Å². The number of rotatable bonds is 7. The van der Waals surface area contributed by atoms with Gasteiger partial charge in [0.05, 0.1) is 0 Å². The Morgan fingerprint density at radius 2 is 1.52 bits per heavy atom. The topological polar surface area (TPSA) is 69.7 Å². The lowest BCUT2D eigenvalue weighted by atomic mass is 9.92. The van der Waals surface area contributed by atoms with Gasteiger partial charge in [0.1, 0.15) is 5.82 Å². The van der Waals surface area contributed by atoms with Crippen LogP contribution in [-0.2, 0) is 9.59 Å². The van der Waals surface area contributed by atoms with Crippen molar-refractivity contribution in [3.63, 3.8) is 0 Å². The van der Waals surface area contributed by atoms with Crippen LogP contribution in [0.25, 0.3) is 0 Å². The molecule has 2 heterocycles. The van der Waals surface area contributed by atoms with E-state index < -0.39 is 0 Å². The molecule has 168 valence electrons. The Kier molecular flexibility index (Phi) is 7.00. The van der Waals surface area contributed by atoms with E-state index in [-0.39, 0.29) is 42.2 Å². The zero-order valence-corrected chi connectivity index (χ0v) is 18.0. The fourth-order valence-electron chi connectivity index (χ4n) is 4.71. The Bertz CT molecular complexity index is 793. The molecule has 0 spiro atoms. The van der Waals surface area contributed by atoms with Crippen LogP contribution in [0.5, 0.6) is 0 Å². The van der Waals surface area contributed by atoms with Crippen molar-refractivity contribution in [1.82, 2.24) is 15.1 Å². The fraction of sp³-hybridized carbons (Fsp3) is 0.625. The van der Waals surface area contributed by atoms with Crippen LogP contribution < -0.4 is 5.32 Å². The molecule has 1 N–H and O–H groups in total. The van der Waals surface area contributed by atoms with E-state index in [1.807, 2.05) is 4.90 Å². The summed E-state index contributed by atoms with van der Waals surface area (Å²) >= 11 is 0. The molecule has 0 radical (unpaired) electrons. The molecule has 6 nitrogen and oxygen atoms in total. The highest BCUT2D eigenvalue weighted by molar-refractivity contribution is 5.97. The molecule has 3 fully saturated rings. The van der Waals surface area contributed by atoms with Crippen molar-refractivity contribution in [2.75, 3.05) is 26.2 Å². The Balaban J connectivity index is 1.15. The van der Waals surface area contributed by atoms with Gasteiger partial charge in [-0.2, -0.15) is 0 Å². The fourth-order valence-corrected chi connectivity index (χ4v) is 4.71. The van der Waals surface area contributed by atoms with Gasteiger partial charge in [-0.25, -0.2) is 4.39 Å². The van der Waals surface area contributed by atoms with Crippen LogP contribution in [0.4, 0.5) is 4.39 Å². The van der Waals surface area contributed by atoms with Crippen molar-refractivity contribution in [1.29, 1.82) is 0 Å². The van der Waals surface area contributed by atoms with Gasteiger partial charge in [0, 0.05) is 49.5 Å². The molecule has 2 amide bonds. The number of ketones is 1. The number of benzene rings is 1. The first-order valence-corrected chi connectivity index (χ1v) is 11.6. The van der Waals surface area contributed by atoms with Crippen LogP contribution in [0.15, 0.2) is 24.3 Å². The van der Waals surface area contributed by atoms with E-state index in [1.54, 1.807) is 0 Å². The molecule has 31 heavy (non-hydrogen) atoms. The smallest absolute Gasteiger partial charge is 0.223 e. The number of likely N-dealkylation sites (tertiary alicyclic amines) is 2. The number of hydrogen-bond acceptors (Lipinski definition) is 4. The SMILES string of the molecule is O=C(CCC(=O)N1CCC(N2CCC(C(=O)NC3CC3)CC2)CC1)c1ccc(F)cc1. The lowest BCUT2D eigenvalue weighted by Gasteiger charge is -2.41. The van der Waals surface area contributed by atoms with Crippen molar-refractivity contribution in [2.24, 2.45) is 5.92 Å². The molecule has 1 aromatic carbocycles. The summed E-state index contributed by atoms with van der Waals surface area (Å²) in [5.74, 6) is -0.0997. The maximum absolute atomic E-state index is 13.0. The number of carbonyl (C=O) groups excluding carboxylic acids is 3. The molecule has 1 saturated carbocycles. The average Bonchev–Trinajstić information content (AvgIpc) is 3.62. The molecule has 3 aliphatic rings. The largest absolute Gasteiger partial charge is 0.353 e. The van der Waals surface area contributed by atoms with Crippen LogP contribution in [0, 0.1) is 11.7 Å². The second-order valence-electron chi connectivity index (χ2n) is 9.14. The van der Waals surface area contributed by atoms with Crippen molar-refractivity contribution in [2.45, 2.75) is 63.5 Å². The van der Waals surface area contributed by atoms with Crippen LogP contribution in [0.3, 0.4) is 0 Å². The summed E-state index contributed by atoms with van der Waals surface area (Å²) in [6.45, 7) is 3.34. The molecular formula is C24H32FN3O3. The van der Waals surface area contributed by atoms with E-state index in [9.17, 15) is 18.8 Å². The van der Waals surface area contributed by atoms with Gasteiger partial charge in [-0.1, -0.05) is 0 Å². The average molecular weight is 430 g/mol. The number of nitrogens with one attached hydrogen (secondary N) is 1. The molecule has 2 aliphatic heterocycles. The first-order chi connectivity index (χ1) is 15.0. The number of amides is 2. The van der Waals surface area contributed by atoms with Gasteiger partial charge >= 0.3 is 0 Å². The molecule has 7 heteroatoms. The molecule has 0 atom stereocenters. The summed E-state index contributed by atoms with van der Waals surface area (Å²) in [5, 5.41) is 3.13. The molecule has 0 unspecified atom stereocenters. The Morgan fingerprint density at radius 1 is 0.871 bits per heavy atom. The molecule has 0 bridgehead atoms. The minimum atomic E-state index is -0.374. The number of carbonyl (C=O) groups is 3. The van der Waals surface area contributed by atoms with Crippen molar-refractivity contribution in [3.8, 4) is 0 Å². The van der Waals surface area contributed by atoms with E-state index in [1.165, 1.54) is 24.3 Å². The van der Waals surface area contributed by atoms with Crippen LogP contribution in [0.1, 0.15) is 61.7 Å². The van der Waals surface area contributed by atoms with Crippen molar-refractivity contribution in [3.05, 3.63) is 35.6 Å². The van der Waals surface area contributed by atoms with Gasteiger partial charge in [-0.15, -0.1) is 0 Å². The third kappa shape index (κ3) is 5.91. The van der Waals surface area contributed by atoms with Gasteiger partial charge in [0.2, 0.25) is 11.8 Å². The number of piperidine rings is 2. The normalized spacial score (nSPS) is 21.1. The summed E-state index contributed by atoms with van der Waals surface area (Å²) < 4.78 is 13.0. The number of hydrogen-bond donors (Lipinski definition) is 1. The van der Waals surface area contributed by atoms with Crippen molar-refractivity contribution >= 4 is 17.6 Å². The summed E-state index contributed by atoms with van der Waals surface area (Å²) in [6.07, 6.45) is 6.33. The van der Waals surface area contributed by atoms with Crippen LogP contribution >= 0.6 is 0 Å². The van der Waals surface area contributed by atoms with E-state index in [4.69, 9.17) is 0 Å². The van der Waals surface area contributed by atoms with E-state index >= 15 is 0 Å². The summed E-state index contributed by atoms with van der Waals surface area (Å²) in [6, 6.07) is 6.36. The predicted molar refractivity (Wildman–Crippen MR) is 115 cm³/mol. The standard InChI is InChI=1S/C24H32FN3O3/c25-19-3-1-17(2-4-19)22(29)7-8-23(30)28-15-11-21(12-16-28)27-13-9-18(10-14-27)24(31)26-20-5-6-20/h1-4,18,20-21H,5-16H2,(H,26,31). The monoisotopic (exact) mass is 429 g/mol. The molecule has 2 saturated heterocycles. The maximum atomic E-state index is 13.0. The van der Waals surface area contributed by atoms with Crippen LogP contribution in [0.2, 0.25) is 0 Å². The lowest BCUT2D eigenvalue weighted by Crippen LogP contribution is -2.50. The Hall–Kier alpha value is -2.28. The van der Waals surface area contributed by atoms with Gasteiger partial charge in [-0.3, -0.25) is 14.4 Å². The predicted octanol–water partition coefficient (Wildman–Crippen LogP) is 2.77. The number of Topliss-reactive ketones (excluding diaryl/α,β-unsaturated/α-hetero) is 1. The van der Waals surface area contributed by atoms with Crippen molar-refractivity contribution < 1.29 is 18.8 Å². The second-order valence-corrected chi connectivity index (χ2v) is 9.14. The highest BCUT2D eigenvalue weighted by atomic mass is 19.1. The Morgan fingerprint density at radius 3 is 2.13 bits per heavy atom. The van der Waals surface area contributed by atoms with Gasteiger partial charge in [0.15, 0.2) is 5.78 Å². The second kappa shape index (κ2) is 9.90.